The lowest BCUT2D eigenvalue weighted by molar-refractivity contribution is -0.0411. The van der Waals surface area contributed by atoms with Gasteiger partial charge in [0.05, 0.1) is 5.60 Å². The van der Waals surface area contributed by atoms with Crippen molar-refractivity contribution in [2.75, 3.05) is 0 Å². The average Bonchev–Trinajstić information content (AvgIpc) is 2.13. The molecule has 1 heteroatoms. The van der Waals surface area contributed by atoms with Crippen LogP contribution in [0, 0.1) is 5.92 Å². The third-order valence-corrected chi connectivity index (χ3v) is 3.78. The Morgan fingerprint density at radius 3 is 2.46 bits per heavy atom. The normalized spacial score (nSPS) is 36.7. The molecule has 0 aromatic heterocycles. The van der Waals surface area contributed by atoms with Crippen molar-refractivity contribution in [2.24, 2.45) is 5.92 Å². The molecular formula is C12H24O. The molecule has 2 atom stereocenters. The monoisotopic (exact) mass is 184 g/mol. The zero-order valence-corrected chi connectivity index (χ0v) is 9.18. The van der Waals surface area contributed by atoms with Gasteiger partial charge in [0.2, 0.25) is 0 Å². The fraction of sp³-hybridized carbons (Fsp3) is 1.00. The minimum atomic E-state index is -0.338. The second-order valence-corrected chi connectivity index (χ2v) is 4.52. The Kier molecular flexibility index (Phi) is 4.24. The average molecular weight is 184 g/mol. The lowest BCUT2D eigenvalue weighted by Gasteiger charge is -2.37. The zero-order chi connectivity index (χ0) is 9.73. The fourth-order valence-electron chi connectivity index (χ4n) is 2.70. The topological polar surface area (TPSA) is 20.2 Å². The minimum absolute atomic E-state index is 0.338. The molecule has 0 saturated heterocycles. The Morgan fingerprint density at radius 1 is 1.15 bits per heavy atom. The molecule has 1 saturated carbocycles. The molecule has 0 bridgehead atoms. The van der Waals surface area contributed by atoms with Gasteiger partial charge >= 0.3 is 0 Å². The Hall–Kier alpha value is -0.0400. The van der Waals surface area contributed by atoms with Crippen LogP contribution in [0.5, 0.6) is 0 Å². The number of hydrogen-bond acceptors (Lipinski definition) is 1. The molecule has 0 aromatic rings. The first-order chi connectivity index (χ1) is 6.23. The van der Waals surface area contributed by atoms with E-state index in [1.165, 1.54) is 32.1 Å². The Labute approximate surface area is 82.5 Å². The Morgan fingerprint density at radius 2 is 1.85 bits per heavy atom. The van der Waals surface area contributed by atoms with Crippen LogP contribution in [0.3, 0.4) is 0 Å². The van der Waals surface area contributed by atoms with Gasteiger partial charge in [-0.3, -0.25) is 0 Å². The summed E-state index contributed by atoms with van der Waals surface area (Å²) >= 11 is 0. The first-order valence-electron chi connectivity index (χ1n) is 5.95. The summed E-state index contributed by atoms with van der Waals surface area (Å²) in [6.07, 6.45) is 9.58. The Balaban J connectivity index is 2.60. The molecule has 0 spiro atoms. The summed E-state index contributed by atoms with van der Waals surface area (Å²) < 4.78 is 0. The summed E-state index contributed by atoms with van der Waals surface area (Å²) in [6, 6.07) is 0. The van der Waals surface area contributed by atoms with Gasteiger partial charge in [-0.05, 0) is 25.2 Å². The van der Waals surface area contributed by atoms with Gasteiger partial charge in [0.15, 0.2) is 0 Å². The van der Waals surface area contributed by atoms with Crippen molar-refractivity contribution in [1.29, 1.82) is 0 Å². The summed E-state index contributed by atoms with van der Waals surface area (Å²) in [6.45, 7) is 4.34. The maximum atomic E-state index is 10.4. The van der Waals surface area contributed by atoms with Crippen LogP contribution >= 0.6 is 0 Å². The molecule has 2 unspecified atom stereocenters. The van der Waals surface area contributed by atoms with E-state index < -0.39 is 0 Å². The van der Waals surface area contributed by atoms with Gasteiger partial charge in [0.1, 0.15) is 0 Å². The van der Waals surface area contributed by atoms with E-state index in [9.17, 15) is 5.11 Å². The number of aliphatic hydroxyl groups is 1. The summed E-state index contributed by atoms with van der Waals surface area (Å²) in [5.41, 5.74) is -0.338. The second kappa shape index (κ2) is 4.99. The van der Waals surface area contributed by atoms with E-state index in [0.717, 1.165) is 19.3 Å². The predicted octanol–water partition coefficient (Wildman–Crippen LogP) is 3.51. The summed E-state index contributed by atoms with van der Waals surface area (Å²) in [5.74, 6) is 0.554. The molecule has 1 aliphatic rings. The van der Waals surface area contributed by atoms with Crippen LogP contribution in [0.4, 0.5) is 0 Å². The van der Waals surface area contributed by atoms with Gasteiger partial charge in [0, 0.05) is 0 Å². The lowest BCUT2D eigenvalue weighted by Crippen LogP contribution is -2.37. The van der Waals surface area contributed by atoms with E-state index in [1.54, 1.807) is 0 Å². The summed E-state index contributed by atoms with van der Waals surface area (Å²) in [7, 11) is 0. The molecule has 1 rings (SSSR count). The van der Waals surface area contributed by atoms with Crippen LogP contribution in [0.1, 0.15) is 65.2 Å². The van der Waals surface area contributed by atoms with E-state index in [0.29, 0.717) is 5.92 Å². The summed E-state index contributed by atoms with van der Waals surface area (Å²) in [5, 5.41) is 10.4. The maximum Gasteiger partial charge on any atom is 0.0673 e. The molecule has 0 aliphatic heterocycles. The molecule has 0 amide bonds. The second-order valence-electron chi connectivity index (χ2n) is 4.52. The molecule has 0 heterocycles. The van der Waals surface area contributed by atoms with Crippen LogP contribution in [-0.4, -0.2) is 10.7 Å². The molecule has 0 aromatic carbocycles. The third kappa shape index (κ3) is 2.70. The van der Waals surface area contributed by atoms with Gasteiger partial charge < -0.3 is 5.11 Å². The third-order valence-electron chi connectivity index (χ3n) is 3.78. The van der Waals surface area contributed by atoms with E-state index in [1.807, 2.05) is 0 Å². The molecular weight excluding hydrogens is 160 g/mol. The Bertz CT molecular complexity index is 144. The summed E-state index contributed by atoms with van der Waals surface area (Å²) in [4.78, 5) is 0. The van der Waals surface area contributed by atoms with Crippen LogP contribution in [-0.2, 0) is 0 Å². The molecule has 0 radical (unpaired) electrons. The quantitative estimate of drug-likeness (QED) is 0.696. The first-order valence-corrected chi connectivity index (χ1v) is 5.95. The van der Waals surface area contributed by atoms with E-state index in [-0.39, 0.29) is 5.60 Å². The SMILES string of the molecule is CCC1CCCCCCC1(O)CC. The smallest absolute Gasteiger partial charge is 0.0673 e. The molecule has 1 nitrogen and oxygen atoms in total. The molecule has 13 heavy (non-hydrogen) atoms. The van der Waals surface area contributed by atoms with Crippen molar-refractivity contribution in [1.82, 2.24) is 0 Å². The molecule has 78 valence electrons. The fourth-order valence-corrected chi connectivity index (χ4v) is 2.70. The number of hydrogen-bond donors (Lipinski definition) is 1. The highest BCUT2D eigenvalue weighted by Crippen LogP contribution is 2.35. The highest BCUT2D eigenvalue weighted by Gasteiger charge is 2.33. The predicted molar refractivity (Wildman–Crippen MR) is 56.7 cm³/mol. The van der Waals surface area contributed by atoms with Crippen LogP contribution in [0.2, 0.25) is 0 Å². The van der Waals surface area contributed by atoms with Gasteiger partial charge in [-0.1, -0.05) is 46.0 Å². The first kappa shape index (κ1) is 11.0. The van der Waals surface area contributed by atoms with Crippen molar-refractivity contribution in [3.8, 4) is 0 Å². The van der Waals surface area contributed by atoms with Gasteiger partial charge in [-0.2, -0.15) is 0 Å². The molecule has 1 aliphatic carbocycles. The maximum absolute atomic E-state index is 10.4. The van der Waals surface area contributed by atoms with E-state index in [4.69, 9.17) is 0 Å². The van der Waals surface area contributed by atoms with E-state index in [2.05, 4.69) is 13.8 Å². The zero-order valence-electron chi connectivity index (χ0n) is 9.18. The van der Waals surface area contributed by atoms with Crippen molar-refractivity contribution in [3.63, 3.8) is 0 Å². The number of rotatable bonds is 2. The minimum Gasteiger partial charge on any atom is -0.390 e. The van der Waals surface area contributed by atoms with Gasteiger partial charge in [0.25, 0.3) is 0 Å². The van der Waals surface area contributed by atoms with Crippen molar-refractivity contribution < 1.29 is 5.11 Å². The largest absolute Gasteiger partial charge is 0.390 e. The van der Waals surface area contributed by atoms with Gasteiger partial charge in [-0.15, -0.1) is 0 Å². The molecule has 1 N–H and O–H groups in total. The highest BCUT2D eigenvalue weighted by molar-refractivity contribution is 4.85. The van der Waals surface area contributed by atoms with Crippen molar-refractivity contribution in [3.05, 3.63) is 0 Å². The van der Waals surface area contributed by atoms with Gasteiger partial charge in [-0.25, -0.2) is 0 Å². The van der Waals surface area contributed by atoms with Crippen LogP contribution < -0.4 is 0 Å². The van der Waals surface area contributed by atoms with Crippen LogP contribution in [0.15, 0.2) is 0 Å². The van der Waals surface area contributed by atoms with Crippen molar-refractivity contribution in [2.45, 2.75) is 70.8 Å². The van der Waals surface area contributed by atoms with Crippen molar-refractivity contribution >= 4 is 0 Å². The standard InChI is InChI=1S/C12H24O/c1-3-11-9-7-5-6-8-10-12(11,13)4-2/h11,13H,3-10H2,1-2H3. The molecule has 1 fully saturated rings. The van der Waals surface area contributed by atoms with E-state index >= 15 is 0 Å². The lowest BCUT2D eigenvalue weighted by atomic mass is 9.75. The van der Waals surface area contributed by atoms with Crippen LogP contribution in [0.25, 0.3) is 0 Å². The highest BCUT2D eigenvalue weighted by atomic mass is 16.3.